The molecule has 0 saturated heterocycles. The molecule has 4 nitrogen and oxygen atoms in total. The maximum absolute atomic E-state index is 9.92. The average molecular weight is 199 g/mol. The fourth-order valence-corrected chi connectivity index (χ4v) is 1.01. The Hall–Kier alpha value is 1.16. The monoisotopic (exact) mass is 198 g/mol. The molecule has 0 fully saturated rings. The Morgan fingerprint density at radius 1 is 1.50 bits per heavy atom. The number of alkyl halides is 1. The van der Waals surface area contributed by atoms with Crippen molar-refractivity contribution in [3.8, 4) is 0 Å². The molecule has 0 radical (unpaired) electrons. The van der Waals surface area contributed by atoms with Gasteiger partial charge >= 0.3 is 29.6 Å². The summed E-state index contributed by atoms with van der Waals surface area (Å²) in [6.07, 6.45) is -0.152. The van der Waals surface area contributed by atoms with Gasteiger partial charge in [0.05, 0.1) is 5.75 Å². The first-order chi connectivity index (χ1) is 3.92. The van der Waals surface area contributed by atoms with E-state index in [4.69, 9.17) is 21.3 Å². The van der Waals surface area contributed by atoms with Gasteiger partial charge in [0.25, 0.3) is 10.1 Å². The van der Waals surface area contributed by atoms with Crippen molar-refractivity contribution < 1.29 is 18.1 Å². The fraction of sp³-hybridized carbons (Fsp3) is 1.00. The van der Waals surface area contributed by atoms with Gasteiger partial charge in [-0.1, -0.05) is 11.6 Å². The van der Waals surface area contributed by atoms with Crippen molar-refractivity contribution in [2.24, 2.45) is 0 Å². The summed E-state index contributed by atoms with van der Waals surface area (Å²) in [7, 11) is -3.96. The Morgan fingerprint density at radius 3 is 2.00 bits per heavy atom. The van der Waals surface area contributed by atoms with Crippen LogP contribution in [0.3, 0.4) is 0 Å². The third-order valence-electron chi connectivity index (χ3n) is 0.614. The van der Waals surface area contributed by atoms with E-state index in [1.165, 1.54) is 0 Å². The van der Waals surface area contributed by atoms with Gasteiger partial charge in [0, 0.05) is 6.42 Å². The Morgan fingerprint density at radius 2 is 1.90 bits per heavy atom. The molecular weight excluding hydrogens is 191 g/mol. The van der Waals surface area contributed by atoms with Crippen LogP contribution >= 0.6 is 11.6 Å². The standard InChI is InChI=1S/C3H7ClO4S.Na.H/c4-3(5)1-2-9(6,7)8;;/h3,5H,1-2H2,(H,6,7,8);;. The van der Waals surface area contributed by atoms with E-state index in [0.29, 0.717) is 0 Å². The van der Waals surface area contributed by atoms with E-state index in [1.54, 1.807) is 0 Å². The molecular formula is C3H8ClNaO4S. The van der Waals surface area contributed by atoms with Gasteiger partial charge < -0.3 is 5.11 Å². The van der Waals surface area contributed by atoms with Crippen LogP contribution in [0.2, 0.25) is 0 Å². The third-order valence-corrected chi connectivity index (χ3v) is 1.58. The molecule has 0 saturated carbocycles. The second kappa shape index (κ2) is 5.77. The molecule has 0 heterocycles. The van der Waals surface area contributed by atoms with Crippen LogP contribution < -0.4 is 0 Å². The molecule has 1 atom stereocenters. The van der Waals surface area contributed by atoms with E-state index in [2.05, 4.69) is 0 Å². The molecule has 7 heteroatoms. The van der Waals surface area contributed by atoms with Crippen molar-refractivity contribution >= 4 is 51.3 Å². The second-order valence-electron chi connectivity index (χ2n) is 1.51. The van der Waals surface area contributed by atoms with Gasteiger partial charge in [-0.05, 0) is 0 Å². The van der Waals surface area contributed by atoms with Gasteiger partial charge in [-0.25, -0.2) is 0 Å². The Balaban J connectivity index is 0. The van der Waals surface area contributed by atoms with Crippen LogP contribution in [0, 0.1) is 0 Å². The molecule has 0 aliphatic rings. The zero-order valence-corrected chi connectivity index (χ0v) is 6.06. The van der Waals surface area contributed by atoms with Crippen molar-refractivity contribution in [3.63, 3.8) is 0 Å². The second-order valence-corrected chi connectivity index (χ2v) is 3.59. The number of rotatable bonds is 3. The predicted molar refractivity (Wildman–Crippen MR) is 40.0 cm³/mol. The summed E-state index contributed by atoms with van der Waals surface area (Å²) in [6, 6.07) is 0. The molecule has 10 heavy (non-hydrogen) atoms. The molecule has 0 aliphatic carbocycles. The number of hydrogen-bond donors (Lipinski definition) is 2. The SMILES string of the molecule is O=S(=O)(O)CCC(O)Cl.[NaH]. The van der Waals surface area contributed by atoms with Crippen molar-refractivity contribution in [1.29, 1.82) is 0 Å². The van der Waals surface area contributed by atoms with Crippen molar-refractivity contribution in [2.45, 2.75) is 12.0 Å². The van der Waals surface area contributed by atoms with E-state index in [1.807, 2.05) is 0 Å². The fourth-order valence-electron chi connectivity index (χ4n) is 0.246. The molecule has 0 aromatic carbocycles. The van der Waals surface area contributed by atoms with Crippen LogP contribution in [0.5, 0.6) is 0 Å². The maximum atomic E-state index is 9.92. The Labute approximate surface area is 86.6 Å². The predicted octanol–water partition coefficient (Wildman–Crippen LogP) is -0.827. The number of halogens is 1. The molecule has 0 aromatic heterocycles. The number of aliphatic hydroxyl groups excluding tert-OH is 1. The molecule has 1 unspecified atom stereocenters. The molecule has 0 aliphatic heterocycles. The first-order valence-electron chi connectivity index (χ1n) is 2.19. The zero-order chi connectivity index (χ0) is 7.49. The van der Waals surface area contributed by atoms with Crippen LogP contribution in [-0.4, -0.2) is 59.0 Å². The summed E-state index contributed by atoms with van der Waals surface area (Å²) in [5.41, 5.74) is -1.20. The minimum atomic E-state index is -3.96. The first-order valence-corrected chi connectivity index (χ1v) is 4.23. The molecule has 58 valence electrons. The Kier molecular flexibility index (Phi) is 7.92. The summed E-state index contributed by atoms with van der Waals surface area (Å²) in [6.45, 7) is 0. The molecule has 2 N–H and O–H groups in total. The van der Waals surface area contributed by atoms with E-state index in [0.717, 1.165) is 0 Å². The quantitative estimate of drug-likeness (QED) is 0.353. The van der Waals surface area contributed by atoms with Gasteiger partial charge in [0.1, 0.15) is 5.56 Å². The summed E-state index contributed by atoms with van der Waals surface area (Å²) < 4.78 is 27.9. The van der Waals surface area contributed by atoms with Crippen molar-refractivity contribution in [3.05, 3.63) is 0 Å². The van der Waals surface area contributed by atoms with E-state index < -0.39 is 21.4 Å². The van der Waals surface area contributed by atoms with Crippen LogP contribution in [0.25, 0.3) is 0 Å². The molecule has 0 rings (SSSR count). The van der Waals surface area contributed by atoms with Gasteiger partial charge in [0.2, 0.25) is 0 Å². The average Bonchev–Trinajstić information content (AvgIpc) is 1.59. The zero-order valence-electron chi connectivity index (χ0n) is 4.49. The number of hydrogen-bond acceptors (Lipinski definition) is 3. The van der Waals surface area contributed by atoms with Gasteiger partial charge in [-0.2, -0.15) is 8.42 Å². The summed E-state index contributed by atoms with van der Waals surface area (Å²) >= 11 is 4.96. The van der Waals surface area contributed by atoms with Crippen LogP contribution in [0.15, 0.2) is 0 Å². The molecule has 0 spiro atoms. The van der Waals surface area contributed by atoms with Gasteiger partial charge in [0.15, 0.2) is 0 Å². The van der Waals surface area contributed by atoms with Crippen LogP contribution in [0.1, 0.15) is 6.42 Å². The first kappa shape index (κ1) is 13.7. The van der Waals surface area contributed by atoms with E-state index in [9.17, 15) is 8.42 Å². The molecule has 0 bridgehead atoms. The van der Waals surface area contributed by atoms with E-state index >= 15 is 0 Å². The minimum absolute atomic E-state index is 0. The van der Waals surface area contributed by atoms with Gasteiger partial charge in [-0.3, -0.25) is 4.55 Å². The summed E-state index contributed by atoms with van der Waals surface area (Å²) in [4.78, 5) is 0. The summed E-state index contributed by atoms with van der Waals surface area (Å²) in [5, 5.41) is 8.31. The van der Waals surface area contributed by atoms with Crippen molar-refractivity contribution in [2.75, 3.05) is 5.75 Å². The van der Waals surface area contributed by atoms with Crippen LogP contribution in [-0.2, 0) is 10.1 Å². The molecule has 0 amide bonds. The van der Waals surface area contributed by atoms with E-state index in [-0.39, 0.29) is 36.0 Å². The Bertz CT molecular complexity index is 165. The normalized spacial score (nSPS) is 13.9. The topological polar surface area (TPSA) is 74.6 Å². The number of aliphatic hydroxyl groups is 1. The third kappa shape index (κ3) is 11.9. The summed E-state index contributed by atoms with van der Waals surface area (Å²) in [5.74, 6) is -0.502. The van der Waals surface area contributed by atoms with Crippen LogP contribution in [0.4, 0.5) is 0 Å². The van der Waals surface area contributed by atoms with Crippen molar-refractivity contribution in [1.82, 2.24) is 0 Å². The van der Waals surface area contributed by atoms with Gasteiger partial charge in [-0.15, -0.1) is 0 Å². The molecule has 0 aromatic rings.